The van der Waals surface area contributed by atoms with Gasteiger partial charge in [0.05, 0.1) is 12.2 Å². The van der Waals surface area contributed by atoms with Gasteiger partial charge >= 0.3 is 0 Å². The predicted molar refractivity (Wildman–Crippen MR) is 59.5 cm³/mol. The van der Waals surface area contributed by atoms with Crippen LogP contribution in [-0.4, -0.2) is 15.7 Å². The summed E-state index contributed by atoms with van der Waals surface area (Å²) in [6.07, 6.45) is 2.35. The molecule has 0 fully saturated rings. The number of rotatable bonds is 4. The average Bonchev–Trinajstić information content (AvgIpc) is 2.59. The van der Waals surface area contributed by atoms with E-state index < -0.39 is 0 Å². The van der Waals surface area contributed by atoms with E-state index in [2.05, 4.69) is 17.3 Å². The number of carbonyl (C=O) groups excluding carboxylic acids is 1. The van der Waals surface area contributed by atoms with Crippen LogP contribution in [0.25, 0.3) is 0 Å². The van der Waals surface area contributed by atoms with Gasteiger partial charge in [-0.25, -0.2) is 0 Å². The molecule has 0 aliphatic rings. The first-order valence-electron chi connectivity index (χ1n) is 5.41. The van der Waals surface area contributed by atoms with Crippen molar-refractivity contribution < 1.29 is 4.79 Å². The van der Waals surface area contributed by atoms with Crippen molar-refractivity contribution in [2.24, 2.45) is 0 Å². The molecule has 0 aromatic carbocycles. The summed E-state index contributed by atoms with van der Waals surface area (Å²) in [5.74, 6) is 0.0751. The Hall–Kier alpha value is -1.32. The van der Waals surface area contributed by atoms with Crippen molar-refractivity contribution in [3.8, 4) is 0 Å². The van der Waals surface area contributed by atoms with Gasteiger partial charge in [0.2, 0.25) is 5.91 Å². The summed E-state index contributed by atoms with van der Waals surface area (Å²) in [7, 11) is 0. The first-order valence-corrected chi connectivity index (χ1v) is 5.41. The molecule has 1 atom stereocenters. The third kappa shape index (κ3) is 2.58. The molecule has 4 heteroatoms. The number of aromatic nitrogens is 2. The molecular formula is C11H19N3O. The third-order valence-electron chi connectivity index (χ3n) is 2.61. The Labute approximate surface area is 90.7 Å². The minimum atomic E-state index is 0.0396. The van der Waals surface area contributed by atoms with Gasteiger partial charge in [0, 0.05) is 24.2 Å². The first kappa shape index (κ1) is 11.8. The van der Waals surface area contributed by atoms with Gasteiger partial charge in [0.15, 0.2) is 0 Å². The van der Waals surface area contributed by atoms with Crippen LogP contribution >= 0.6 is 0 Å². The fourth-order valence-corrected chi connectivity index (χ4v) is 1.63. The molecule has 1 heterocycles. The second kappa shape index (κ2) is 4.96. The minimum Gasteiger partial charge on any atom is -0.349 e. The number of nitrogens with one attached hydrogen (secondary N) is 1. The van der Waals surface area contributed by atoms with E-state index >= 15 is 0 Å². The van der Waals surface area contributed by atoms with E-state index in [1.165, 1.54) is 0 Å². The van der Waals surface area contributed by atoms with Crippen molar-refractivity contribution in [1.82, 2.24) is 15.1 Å². The summed E-state index contributed by atoms with van der Waals surface area (Å²) in [5.41, 5.74) is 2.22. The number of aryl methyl sites for hydroxylation is 1. The van der Waals surface area contributed by atoms with Crippen LogP contribution in [0.15, 0.2) is 6.20 Å². The molecule has 1 aromatic heterocycles. The van der Waals surface area contributed by atoms with Crippen LogP contribution in [0, 0.1) is 6.92 Å². The lowest BCUT2D eigenvalue weighted by Gasteiger charge is -2.13. The Morgan fingerprint density at radius 2 is 2.27 bits per heavy atom. The van der Waals surface area contributed by atoms with E-state index in [0.717, 1.165) is 17.8 Å². The van der Waals surface area contributed by atoms with Gasteiger partial charge in [-0.1, -0.05) is 6.92 Å². The van der Waals surface area contributed by atoms with Crippen molar-refractivity contribution >= 4 is 5.91 Å². The number of nitrogens with zero attached hydrogens (tertiary/aromatic N) is 2. The summed E-state index contributed by atoms with van der Waals surface area (Å²) < 4.78 is 1.93. The van der Waals surface area contributed by atoms with Crippen molar-refractivity contribution in [3.63, 3.8) is 0 Å². The molecule has 1 N–H and O–H groups in total. The van der Waals surface area contributed by atoms with Crippen LogP contribution in [0.2, 0.25) is 0 Å². The maximum Gasteiger partial charge on any atom is 0.220 e. The van der Waals surface area contributed by atoms with Gasteiger partial charge < -0.3 is 5.32 Å². The standard InChI is InChI=1S/C11H19N3O/c1-5-11(15)13-8(3)10-7-12-14(6-2)9(10)4/h7-8H,5-6H2,1-4H3,(H,13,15). The van der Waals surface area contributed by atoms with Gasteiger partial charge in [-0.2, -0.15) is 5.10 Å². The molecule has 0 aliphatic heterocycles. The average molecular weight is 209 g/mol. The Morgan fingerprint density at radius 1 is 1.60 bits per heavy atom. The van der Waals surface area contributed by atoms with Crippen molar-refractivity contribution in [2.75, 3.05) is 0 Å². The van der Waals surface area contributed by atoms with Gasteiger partial charge in [-0.05, 0) is 20.8 Å². The quantitative estimate of drug-likeness (QED) is 0.822. The first-order chi connectivity index (χ1) is 7.10. The fourth-order valence-electron chi connectivity index (χ4n) is 1.63. The van der Waals surface area contributed by atoms with Crippen LogP contribution < -0.4 is 5.32 Å². The molecule has 0 bridgehead atoms. The third-order valence-corrected chi connectivity index (χ3v) is 2.61. The Balaban J connectivity index is 2.77. The summed E-state index contributed by atoms with van der Waals surface area (Å²) in [6.45, 7) is 8.78. The molecule has 0 aliphatic carbocycles. The lowest BCUT2D eigenvalue weighted by molar-refractivity contribution is -0.121. The molecule has 1 rings (SSSR count). The molecule has 0 saturated carbocycles. The molecule has 15 heavy (non-hydrogen) atoms. The number of amides is 1. The van der Waals surface area contributed by atoms with Crippen LogP contribution in [0.1, 0.15) is 44.5 Å². The van der Waals surface area contributed by atoms with E-state index in [1.54, 1.807) is 0 Å². The highest BCUT2D eigenvalue weighted by atomic mass is 16.1. The minimum absolute atomic E-state index is 0.0396. The summed E-state index contributed by atoms with van der Waals surface area (Å²) >= 11 is 0. The van der Waals surface area contributed by atoms with E-state index in [4.69, 9.17) is 0 Å². The zero-order valence-electron chi connectivity index (χ0n) is 9.87. The zero-order chi connectivity index (χ0) is 11.4. The monoisotopic (exact) mass is 209 g/mol. The highest BCUT2D eigenvalue weighted by Crippen LogP contribution is 2.16. The molecule has 1 unspecified atom stereocenters. The Bertz CT molecular complexity index is 344. The molecule has 1 amide bonds. The van der Waals surface area contributed by atoms with Crippen molar-refractivity contribution in [3.05, 3.63) is 17.5 Å². The van der Waals surface area contributed by atoms with E-state index in [9.17, 15) is 4.79 Å². The molecule has 1 aromatic rings. The molecule has 0 spiro atoms. The Morgan fingerprint density at radius 3 is 2.73 bits per heavy atom. The maximum atomic E-state index is 11.2. The van der Waals surface area contributed by atoms with Gasteiger partial charge in [-0.3, -0.25) is 9.48 Å². The zero-order valence-corrected chi connectivity index (χ0v) is 9.87. The summed E-state index contributed by atoms with van der Waals surface area (Å²) in [5, 5.41) is 7.19. The summed E-state index contributed by atoms with van der Waals surface area (Å²) in [4.78, 5) is 11.2. The van der Waals surface area contributed by atoms with E-state index in [0.29, 0.717) is 6.42 Å². The lowest BCUT2D eigenvalue weighted by Crippen LogP contribution is -2.25. The van der Waals surface area contributed by atoms with E-state index in [-0.39, 0.29) is 11.9 Å². The lowest BCUT2D eigenvalue weighted by atomic mass is 10.1. The fraction of sp³-hybridized carbons (Fsp3) is 0.636. The van der Waals surface area contributed by atoms with Crippen LogP contribution in [0.4, 0.5) is 0 Å². The van der Waals surface area contributed by atoms with Crippen LogP contribution in [0.5, 0.6) is 0 Å². The van der Waals surface area contributed by atoms with Crippen molar-refractivity contribution in [1.29, 1.82) is 0 Å². The second-order valence-corrected chi connectivity index (χ2v) is 3.64. The smallest absolute Gasteiger partial charge is 0.220 e. The predicted octanol–water partition coefficient (Wildman–Crippen LogP) is 1.80. The number of hydrogen-bond acceptors (Lipinski definition) is 2. The SMILES string of the molecule is CCC(=O)NC(C)c1cnn(CC)c1C. The molecule has 0 radical (unpaired) electrons. The van der Waals surface area contributed by atoms with Crippen LogP contribution in [-0.2, 0) is 11.3 Å². The van der Waals surface area contributed by atoms with Crippen molar-refractivity contribution in [2.45, 2.75) is 46.7 Å². The Kier molecular flexibility index (Phi) is 3.88. The second-order valence-electron chi connectivity index (χ2n) is 3.64. The highest BCUT2D eigenvalue weighted by Gasteiger charge is 2.13. The van der Waals surface area contributed by atoms with Gasteiger partial charge in [0.1, 0.15) is 0 Å². The normalized spacial score (nSPS) is 12.5. The van der Waals surface area contributed by atoms with E-state index in [1.807, 2.05) is 31.6 Å². The molecule has 4 nitrogen and oxygen atoms in total. The molecule has 0 saturated heterocycles. The highest BCUT2D eigenvalue weighted by molar-refractivity contribution is 5.76. The molecular weight excluding hydrogens is 190 g/mol. The summed E-state index contributed by atoms with van der Waals surface area (Å²) in [6, 6.07) is 0.0396. The van der Waals surface area contributed by atoms with Crippen LogP contribution in [0.3, 0.4) is 0 Å². The van der Waals surface area contributed by atoms with Gasteiger partial charge in [-0.15, -0.1) is 0 Å². The van der Waals surface area contributed by atoms with Gasteiger partial charge in [0.25, 0.3) is 0 Å². The topological polar surface area (TPSA) is 46.9 Å². The molecule has 84 valence electrons. The largest absolute Gasteiger partial charge is 0.349 e. The number of hydrogen-bond donors (Lipinski definition) is 1. The number of carbonyl (C=O) groups is 1. The maximum absolute atomic E-state index is 11.2.